The molecular formula is C13H21NSi. The average Bonchev–Trinajstić information content (AvgIpc) is 2.18. The highest BCUT2D eigenvalue weighted by molar-refractivity contribution is 6.78. The summed E-state index contributed by atoms with van der Waals surface area (Å²) in [5.74, 6) is 0. The highest BCUT2D eigenvalue weighted by atomic mass is 28.3. The Bertz CT molecular complexity index is 325. The van der Waals surface area contributed by atoms with Gasteiger partial charge in [-0.15, -0.1) is 0 Å². The zero-order valence-electron chi connectivity index (χ0n) is 9.96. The minimum Gasteiger partial charge on any atom is -0.330 e. The van der Waals surface area contributed by atoms with Crippen LogP contribution in [0.2, 0.25) is 13.1 Å². The molecule has 82 valence electrons. The minimum absolute atomic E-state index is 0.344. The van der Waals surface area contributed by atoms with Crippen LogP contribution in [-0.2, 0) is 6.04 Å². The highest BCUT2D eigenvalue weighted by Crippen LogP contribution is 2.15. The summed E-state index contributed by atoms with van der Waals surface area (Å²) in [6.45, 7) is 10.6. The maximum absolute atomic E-state index is 6.02. The zero-order valence-corrected chi connectivity index (χ0v) is 11.0. The van der Waals surface area contributed by atoms with E-state index in [4.69, 9.17) is 5.73 Å². The van der Waals surface area contributed by atoms with Crippen LogP contribution in [0.1, 0.15) is 18.1 Å². The third kappa shape index (κ3) is 3.32. The van der Waals surface area contributed by atoms with Gasteiger partial charge in [0.05, 0.1) is 8.07 Å². The van der Waals surface area contributed by atoms with E-state index < -0.39 is 8.07 Å². The second-order valence-electron chi connectivity index (χ2n) is 4.90. The summed E-state index contributed by atoms with van der Waals surface area (Å²) in [4.78, 5) is 0. The largest absolute Gasteiger partial charge is 0.330 e. The predicted octanol–water partition coefficient (Wildman–Crippen LogP) is 3.01. The third-order valence-corrected chi connectivity index (χ3v) is 6.89. The van der Waals surface area contributed by atoms with Gasteiger partial charge in [-0.25, -0.2) is 0 Å². The van der Waals surface area contributed by atoms with Crippen LogP contribution in [0.25, 0.3) is 6.08 Å². The molecule has 0 aliphatic heterocycles. The van der Waals surface area contributed by atoms with Crippen molar-refractivity contribution >= 4 is 14.1 Å². The summed E-state index contributed by atoms with van der Waals surface area (Å²) >= 11 is 0. The van der Waals surface area contributed by atoms with E-state index in [2.05, 4.69) is 50.9 Å². The van der Waals surface area contributed by atoms with Crippen LogP contribution >= 0.6 is 0 Å². The van der Waals surface area contributed by atoms with E-state index in [9.17, 15) is 0 Å². The van der Waals surface area contributed by atoms with E-state index in [1.807, 2.05) is 6.08 Å². The van der Waals surface area contributed by atoms with Crippen molar-refractivity contribution in [1.82, 2.24) is 0 Å². The summed E-state index contributed by atoms with van der Waals surface area (Å²) in [5, 5.41) is 0. The molecule has 0 spiro atoms. The molecule has 2 heteroatoms. The second kappa shape index (κ2) is 4.77. The first-order chi connectivity index (χ1) is 6.95. The first-order valence-corrected chi connectivity index (χ1v) is 8.71. The van der Waals surface area contributed by atoms with Gasteiger partial charge in [0.1, 0.15) is 0 Å². The maximum atomic E-state index is 6.02. The van der Waals surface area contributed by atoms with Gasteiger partial charge in [0, 0.05) is 0 Å². The van der Waals surface area contributed by atoms with Gasteiger partial charge in [0.15, 0.2) is 0 Å². The summed E-state index contributed by atoms with van der Waals surface area (Å²) in [6, 6.07) is 9.77. The molecule has 0 saturated carbocycles. The Morgan fingerprint density at radius 1 is 1.33 bits per heavy atom. The highest BCUT2D eigenvalue weighted by Gasteiger charge is 2.25. The Morgan fingerprint density at radius 3 is 2.27 bits per heavy atom. The quantitative estimate of drug-likeness (QED) is 0.774. The monoisotopic (exact) mass is 219 g/mol. The second-order valence-corrected chi connectivity index (χ2v) is 10.1. The molecular weight excluding hydrogens is 198 g/mol. The van der Waals surface area contributed by atoms with Crippen molar-refractivity contribution in [3.63, 3.8) is 0 Å². The van der Waals surface area contributed by atoms with Gasteiger partial charge >= 0.3 is 0 Å². The van der Waals surface area contributed by atoms with Crippen molar-refractivity contribution in [1.29, 1.82) is 0 Å². The molecule has 1 atom stereocenters. The van der Waals surface area contributed by atoms with Crippen molar-refractivity contribution in [3.8, 4) is 0 Å². The Morgan fingerprint density at radius 2 is 1.87 bits per heavy atom. The summed E-state index contributed by atoms with van der Waals surface area (Å²) in [7, 11) is -1.30. The number of rotatable bonds is 4. The molecule has 0 aliphatic rings. The van der Waals surface area contributed by atoms with Gasteiger partial charge in [0.2, 0.25) is 0 Å². The van der Waals surface area contributed by atoms with E-state index in [1.54, 1.807) is 0 Å². The molecule has 1 nitrogen and oxygen atoms in total. The van der Waals surface area contributed by atoms with Crippen LogP contribution in [0, 0.1) is 0 Å². The molecule has 1 unspecified atom stereocenters. The summed E-state index contributed by atoms with van der Waals surface area (Å²) in [6.07, 6.45) is 1.87. The Labute approximate surface area is 94.0 Å². The molecule has 0 amide bonds. The van der Waals surface area contributed by atoms with E-state index in [0.717, 1.165) is 6.04 Å². The lowest BCUT2D eigenvalue weighted by atomic mass is 10.1. The van der Waals surface area contributed by atoms with Crippen LogP contribution in [0.15, 0.2) is 30.8 Å². The van der Waals surface area contributed by atoms with Crippen molar-refractivity contribution in [2.24, 2.45) is 5.73 Å². The standard InChI is InChI=1S/C13H21NSi/c1-5-12-6-8-13(9-7-12)10-15(3,4)11(2)14/h5-9,11H,1,10,14H2,2-4H3. The van der Waals surface area contributed by atoms with E-state index >= 15 is 0 Å². The number of nitrogens with two attached hydrogens (primary N) is 1. The first kappa shape index (κ1) is 12.2. The van der Waals surface area contributed by atoms with E-state index in [1.165, 1.54) is 11.1 Å². The topological polar surface area (TPSA) is 26.0 Å². The van der Waals surface area contributed by atoms with Crippen molar-refractivity contribution < 1.29 is 0 Å². The lowest BCUT2D eigenvalue weighted by molar-refractivity contribution is 0.951. The average molecular weight is 219 g/mol. The molecule has 15 heavy (non-hydrogen) atoms. The molecule has 0 fully saturated rings. The number of hydrogen-bond donors (Lipinski definition) is 1. The summed E-state index contributed by atoms with van der Waals surface area (Å²) < 4.78 is 0. The van der Waals surface area contributed by atoms with Crippen LogP contribution in [-0.4, -0.2) is 13.7 Å². The van der Waals surface area contributed by atoms with Crippen LogP contribution in [0.5, 0.6) is 0 Å². The van der Waals surface area contributed by atoms with Gasteiger partial charge in [-0.2, -0.15) is 0 Å². The molecule has 0 saturated heterocycles. The fraction of sp³-hybridized carbons (Fsp3) is 0.385. The van der Waals surface area contributed by atoms with Crippen molar-refractivity contribution in [2.45, 2.75) is 31.7 Å². The van der Waals surface area contributed by atoms with Crippen LogP contribution in [0.4, 0.5) is 0 Å². The first-order valence-electron chi connectivity index (χ1n) is 5.42. The minimum atomic E-state index is -1.30. The fourth-order valence-electron chi connectivity index (χ4n) is 1.46. The lowest BCUT2D eigenvalue weighted by Gasteiger charge is -2.26. The van der Waals surface area contributed by atoms with Gasteiger partial charge in [-0.05, 0) is 17.3 Å². The predicted molar refractivity (Wildman–Crippen MR) is 71.4 cm³/mol. The molecule has 1 aromatic rings. The smallest absolute Gasteiger partial charge is 0.0701 e. The van der Waals surface area contributed by atoms with Crippen LogP contribution in [0.3, 0.4) is 0 Å². The Balaban J connectivity index is 2.77. The van der Waals surface area contributed by atoms with E-state index in [0.29, 0.717) is 5.67 Å². The third-order valence-electron chi connectivity index (χ3n) is 3.11. The molecule has 0 heterocycles. The van der Waals surface area contributed by atoms with Crippen molar-refractivity contribution in [2.75, 3.05) is 0 Å². The van der Waals surface area contributed by atoms with E-state index in [-0.39, 0.29) is 0 Å². The fourth-order valence-corrected chi connectivity index (χ4v) is 3.07. The van der Waals surface area contributed by atoms with Gasteiger partial charge in [-0.1, -0.05) is 62.5 Å². The lowest BCUT2D eigenvalue weighted by Crippen LogP contribution is -2.47. The van der Waals surface area contributed by atoms with Gasteiger partial charge in [0.25, 0.3) is 0 Å². The van der Waals surface area contributed by atoms with Crippen molar-refractivity contribution in [3.05, 3.63) is 42.0 Å². The molecule has 0 bridgehead atoms. The molecule has 0 aromatic heterocycles. The maximum Gasteiger partial charge on any atom is 0.0701 e. The molecule has 1 aromatic carbocycles. The zero-order chi connectivity index (χ0) is 11.5. The van der Waals surface area contributed by atoms with Gasteiger partial charge in [-0.3, -0.25) is 0 Å². The van der Waals surface area contributed by atoms with Gasteiger partial charge < -0.3 is 5.73 Å². The number of benzene rings is 1. The Kier molecular flexibility index (Phi) is 3.88. The molecule has 0 aliphatic carbocycles. The molecule has 1 rings (SSSR count). The normalized spacial score (nSPS) is 13.6. The summed E-state index contributed by atoms with van der Waals surface area (Å²) in [5.41, 5.74) is 8.94. The molecule has 2 N–H and O–H groups in total. The molecule has 0 radical (unpaired) electrons. The Hall–Kier alpha value is -0.863. The number of hydrogen-bond acceptors (Lipinski definition) is 1. The SMILES string of the molecule is C=Cc1ccc(C[Si](C)(C)C(C)N)cc1. The van der Waals surface area contributed by atoms with Crippen LogP contribution < -0.4 is 5.73 Å².